The van der Waals surface area contributed by atoms with Gasteiger partial charge in [-0.15, -0.1) is 0 Å². The monoisotopic (exact) mass is 1690 g/mol. The molecule has 12 rings (SSSR count). The molecule has 18 nitrogen and oxygen atoms in total. The van der Waals surface area contributed by atoms with Crippen LogP contribution in [-0.2, 0) is 26.8 Å². The highest BCUT2D eigenvalue weighted by Gasteiger charge is 2.37. The molecule has 0 spiro atoms. The number of halogens is 6. The highest BCUT2D eigenvalue weighted by atomic mass is 79.9. The summed E-state index contributed by atoms with van der Waals surface area (Å²) < 4.78 is 16.4. The molecule has 0 unspecified atom stereocenters. The molecule has 0 saturated carbocycles. The van der Waals surface area contributed by atoms with Gasteiger partial charge in [-0.25, -0.2) is 15.0 Å². The van der Waals surface area contributed by atoms with Crippen LogP contribution in [0.4, 0.5) is 11.4 Å². The van der Waals surface area contributed by atoms with Gasteiger partial charge in [-0.2, -0.15) is 0 Å². The van der Waals surface area contributed by atoms with Crippen LogP contribution in [0.3, 0.4) is 0 Å². The highest BCUT2D eigenvalue weighted by molar-refractivity contribution is 9.11. The Morgan fingerprint density at radius 3 is 1.29 bits per heavy atom. The molecule has 0 aliphatic rings. The Labute approximate surface area is 641 Å². The molecule has 536 valence electrons. The number of rotatable bonds is 16. The minimum absolute atomic E-state index is 0.00505. The number of carbonyl (C=O) groups excluding carboxylic acids is 1. The van der Waals surface area contributed by atoms with Gasteiger partial charge in [0, 0.05) is 85.0 Å². The van der Waals surface area contributed by atoms with Crippen LogP contribution >= 0.6 is 86.9 Å². The third kappa shape index (κ3) is 21.5. The number of aliphatic hydroxyl groups is 4. The molecule has 0 aliphatic carbocycles. The van der Waals surface area contributed by atoms with Crippen LogP contribution < -0.4 is 10.2 Å². The molecule has 0 fully saturated rings. The Balaban J connectivity index is 0.000000180. The van der Waals surface area contributed by atoms with Crippen molar-refractivity contribution in [2.75, 3.05) is 29.9 Å². The second-order valence-corrected chi connectivity index (χ2v) is 36.8. The lowest BCUT2D eigenvalue weighted by molar-refractivity contribution is 0.0733. The molecule has 0 saturated heterocycles. The van der Waals surface area contributed by atoms with Gasteiger partial charge in [0.25, 0.3) is 5.91 Å². The number of amides is 1. The van der Waals surface area contributed by atoms with E-state index in [4.69, 9.17) is 27.6 Å². The fourth-order valence-corrected chi connectivity index (χ4v) is 12.6. The van der Waals surface area contributed by atoms with Crippen LogP contribution in [0.25, 0.3) is 49.8 Å². The van der Waals surface area contributed by atoms with E-state index >= 15 is 0 Å². The first-order chi connectivity index (χ1) is 47.8. The van der Waals surface area contributed by atoms with Gasteiger partial charge in [-0.1, -0.05) is 66.8 Å². The van der Waals surface area contributed by atoms with Gasteiger partial charge in [0.2, 0.25) is 0 Å². The lowest BCUT2D eigenvalue weighted by Gasteiger charge is -2.37. The summed E-state index contributed by atoms with van der Waals surface area (Å²) in [6.07, 6.45) is 17.1. The van der Waals surface area contributed by atoms with Crippen LogP contribution in [0, 0.1) is 0 Å². The first-order valence-corrected chi connectivity index (χ1v) is 39.7. The fourth-order valence-electron chi connectivity index (χ4n) is 9.99. The third-order valence-corrected chi connectivity index (χ3v) is 23.7. The Hall–Kier alpha value is -7.10. The lowest BCUT2D eigenvalue weighted by Crippen LogP contribution is -2.43. The molecule has 102 heavy (non-hydrogen) atoms. The number of hydrogen-bond donors (Lipinski definition) is 5. The molecule has 9 aromatic heterocycles. The van der Waals surface area contributed by atoms with E-state index in [1.54, 1.807) is 97.3 Å². The Morgan fingerprint density at radius 1 is 0.500 bits per heavy atom. The summed E-state index contributed by atoms with van der Waals surface area (Å²) in [5.74, 6) is -0.403. The van der Waals surface area contributed by atoms with Gasteiger partial charge in [-0.3, -0.25) is 24.7 Å². The maximum atomic E-state index is 13.8. The van der Waals surface area contributed by atoms with E-state index in [0.29, 0.717) is 41.6 Å². The van der Waals surface area contributed by atoms with Gasteiger partial charge >= 0.3 is 0 Å². The number of anilines is 2. The van der Waals surface area contributed by atoms with Crippen molar-refractivity contribution in [2.24, 2.45) is 0 Å². The maximum Gasteiger partial charge on any atom is 0.264 e. The Kier molecular flexibility index (Phi) is 27.0. The van der Waals surface area contributed by atoms with Gasteiger partial charge in [-0.05, 0) is 261 Å². The van der Waals surface area contributed by atoms with Gasteiger partial charge in [0.15, 0.2) is 8.32 Å². The number of nitrogens with zero attached hydrogens (tertiary/aromatic N) is 11. The molecule has 0 aliphatic heterocycles. The molecule has 1 amide bonds. The van der Waals surface area contributed by atoms with E-state index < -0.39 is 36.6 Å². The second kappa shape index (κ2) is 34.2. The summed E-state index contributed by atoms with van der Waals surface area (Å²) in [5, 5.41) is 46.4. The van der Waals surface area contributed by atoms with Crippen molar-refractivity contribution in [1.29, 1.82) is 0 Å². The van der Waals surface area contributed by atoms with E-state index in [2.05, 4.69) is 203 Å². The number of hydrogen-bond acceptors (Lipinski definition) is 14. The molecule has 0 bridgehead atoms. The molecule has 0 radical (unpaired) electrons. The highest BCUT2D eigenvalue weighted by Crippen LogP contribution is 2.37. The van der Waals surface area contributed by atoms with Crippen LogP contribution in [-0.4, -0.2) is 103 Å². The van der Waals surface area contributed by atoms with E-state index in [9.17, 15) is 25.2 Å². The standard InChI is InChI=1S/C29H35Cl2N5O3Si.C19H23N3O.C16H15BrN2O.C8H10BrNO.C5H3Br2N/c1-28(2,3)40(6,7)39-15-14-36(27(37)24-25(30)33-18-34-26(24)31)20-8-10-22-19(16-20)12-13-35(22)21-9-11-23(32-17-21)29(4,5)38;1-4-10-20-15-5-7-17-14(12-15)9-11-22(17)16-6-8-18(21-13-16)19(2,3)23;1-16(2,20)15-6-4-13(10-18-15)19-8-7-11-9-12(17)3-5-14(11)19;1-8(2,11)7-4-3-6(9)5-10-7;6-4-1-2-5(7)8-3-4/h8-13,16-18,38H,14-15H2,1-7H3;5-9,11-13,20,23H,4,10H2,1-3H3;3-10,20H,1-2H3;3-5,11H,1-2H3;1-3H. The first-order valence-electron chi connectivity index (χ1n) is 32.9. The van der Waals surface area contributed by atoms with Crippen molar-refractivity contribution in [1.82, 2.24) is 48.6 Å². The van der Waals surface area contributed by atoms with E-state index in [1.807, 2.05) is 102 Å². The van der Waals surface area contributed by atoms with Crippen molar-refractivity contribution in [3.8, 4) is 17.1 Å². The average Bonchev–Trinajstić information content (AvgIpc) is 1.72. The summed E-state index contributed by atoms with van der Waals surface area (Å²) >= 11 is 25.8. The summed E-state index contributed by atoms with van der Waals surface area (Å²) in [7, 11) is -2.04. The topological polar surface area (TPSA) is 228 Å². The van der Waals surface area contributed by atoms with Crippen molar-refractivity contribution >= 4 is 145 Å². The number of benzene rings is 3. The minimum Gasteiger partial charge on any atom is -0.415 e. The van der Waals surface area contributed by atoms with Crippen molar-refractivity contribution in [3.63, 3.8) is 0 Å². The minimum atomic E-state index is -2.04. The Morgan fingerprint density at radius 2 is 0.902 bits per heavy atom. The largest absolute Gasteiger partial charge is 0.415 e. The zero-order valence-corrected chi connectivity index (χ0v) is 68.4. The molecule has 25 heteroatoms. The van der Waals surface area contributed by atoms with E-state index in [0.717, 1.165) is 75.7 Å². The van der Waals surface area contributed by atoms with Crippen molar-refractivity contribution in [3.05, 3.63) is 246 Å². The number of aromatic nitrogens is 10. The smallest absolute Gasteiger partial charge is 0.264 e. The molecular weight excluding hydrogens is 1610 g/mol. The molecular formula is C77H86Br4Cl2N12O6Si. The molecule has 5 N–H and O–H groups in total. The first kappa shape index (κ1) is 80.6. The third-order valence-electron chi connectivity index (χ3n) is 16.7. The quantitative estimate of drug-likeness (QED) is 0.0345. The van der Waals surface area contributed by atoms with E-state index in [-0.39, 0.29) is 20.9 Å². The van der Waals surface area contributed by atoms with Crippen LogP contribution in [0.15, 0.2) is 207 Å². The summed E-state index contributed by atoms with van der Waals surface area (Å²) in [6, 6.07) is 43.4. The zero-order chi connectivity index (χ0) is 74.7. The fraction of sp³-hybridized carbons (Fsp3) is 0.299. The molecule has 3 aromatic carbocycles. The number of fused-ring (bicyclic) bond motifs is 3. The van der Waals surface area contributed by atoms with Crippen molar-refractivity contribution in [2.45, 2.75) is 130 Å². The SMILES string of the molecule is Brc1ccc(Br)nc1.CC(C)(O)c1ccc(-n2ccc3cc(Br)ccc32)cn1.CC(C)(O)c1ccc(-n2ccc3cc(N(CCO[Si](C)(C)C(C)(C)C)C(=O)c4c(Cl)ncnc4Cl)ccc32)cn1.CC(C)(O)c1ccc(Br)cn1.CCCNc1ccc2c(ccn2-c2ccc(C(C)(C)O)nc2)c1. The van der Waals surface area contributed by atoms with Crippen molar-refractivity contribution < 1.29 is 29.6 Å². The predicted octanol–water partition coefficient (Wildman–Crippen LogP) is 19.8. The Bertz CT molecular complexity index is 4720. The van der Waals surface area contributed by atoms with Gasteiger partial charge < -0.3 is 48.8 Å². The predicted molar refractivity (Wildman–Crippen MR) is 429 cm³/mol. The maximum absolute atomic E-state index is 13.8. The molecule has 0 atom stereocenters. The van der Waals surface area contributed by atoms with E-state index in [1.165, 1.54) is 17.1 Å². The zero-order valence-electron chi connectivity index (χ0n) is 59.5. The van der Waals surface area contributed by atoms with Gasteiger partial charge in [0.1, 0.15) is 49.2 Å². The number of nitrogens with one attached hydrogen (secondary N) is 1. The summed E-state index contributed by atoms with van der Waals surface area (Å²) in [5.41, 5.74) is 6.80. The number of pyridine rings is 5. The summed E-state index contributed by atoms with van der Waals surface area (Å²) in [6.45, 7) is 28.4. The number of carbonyl (C=O) groups is 1. The van der Waals surface area contributed by atoms with Crippen LogP contribution in [0.2, 0.25) is 28.4 Å². The molecule has 12 aromatic rings. The molecule has 9 heterocycles. The van der Waals surface area contributed by atoms with Crippen LogP contribution in [0.5, 0.6) is 0 Å². The lowest BCUT2D eigenvalue weighted by atomic mass is 10.1. The average molecular weight is 1690 g/mol. The second-order valence-electron chi connectivity index (χ2n) is 27.7. The van der Waals surface area contributed by atoms with Gasteiger partial charge in [0.05, 0.1) is 81.6 Å². The normalized spacial score (nSPS) is 12.0. The van der Waals surface area contributed by atoms with Crippen LogP contribution in [0.1, 0.15) is 123 Å². The summed E-state index contributed by atoms with van der Waals surface area (Å²) in [4.78, 5) is 44.5.